The van der Waals surface area contributed by atoms with E-state index in [0.717, 1.165) is 12.1 Å². The summed E-state index contributed by atoms with van der Waals surface area (Å²) < 4.78 is 39.8. The number of nitro benzene ring substituents is 1. The Balaban J connectivity index is 2.51. The third-order valence-corrected chi connectivity index (χ3v) is 2.35. The molecule has 0 aliphatic rings. The van der Waals surface area contributed by atoms with E-state index in [0.29, 0.717) is 6.07 Å². The average Bonchev–Trinajstić information content (AvgIpc) is 2.30. The van der Waals surface area contributed by atoms with Gasteiger partial charge in [0.25, 0.3) is 0 Å². The summed E-state index contributed by atoms with van der Waals surface area (Å²) >= 11 is 0. The Morgan fingerprint density at radius 2 is 1.68 bits per heavy atom. The van der Waals surface area contributed by atoms with Crippen LogP contribution < -0.4 is 5.32 Å². The summed E-state index contributed by atoms with van der Waals surface area (Å²) in [4.78, 5) is 9.74. The Morgan fingerprint density at radius 3 is 2.32 bits per heavy atom. The van der Waals surface area contributed by atoms with Crippen molar-refractivity contribution in [2.75, 3.05) is 5.32 Å². The quantitative estimate of drug-likeness (QED) is 0.681. The maximum absolute atomic E-state index is 13.4. The fraction of sp³-hybridized carbons (Fsp3) is 0. The molecule has 1 N–H and O–H groups in total. The van der Waals surface area contributed by atoms with Crippen LogP contribution in [0.3, 0.4) is 0 Å². The highest BCUT2D eigenvalue weighted by Crippen LogP contribution is 2.31. The van der Waals surface area contributed by atoms with Crippen molar-refractivity contribution >= 4 is 17.1 Å². The Labute approximate surface area is 105 Å². The number of benzene rings is 2. The van der Waals surface area contributed by atoms with Crippen molar-refractivity contribution in [2.45, 2.75) is 0 Å². The minimum Gasteiger partial charge on any atom is -0.347 e. The van der Waals surface area contributed by atoms with Crippen LogP contribution in [0.1, 0.15) is 0 Å². The van der Waals surface area contributed by atoms with E-state index >= 15 is 0 Å². The molecule has 4 nitrogen and oxygen atoms in total. The molecule has 2 rings (SSSR count). The number of hydrogen-bond acceptors (Lipinski definition) is 3. The zero-order valence-corrected chi connectivity index (χ0v) is 9.36. The van der Waals surface area contributed by atoms with Gasteiger partial charge < -0.3 is 5.32 Å². The van der Waals surface area contributed by atoms with Gasteiger partial charge in [0.2, 0.25) is 5.82 Å². The Kier molecular flexibility index (Phi) is 3.37. The van der Waals surface area contributed by atoms with Gasteiger partial charge in [0.15, 0.2) is 0 Å². The molecular weight excluding hydrogens is 261 g/mol. The number of nitrogens with one attached hydrogen (secondary N) is 1. The van der Waals surface area contributed by atoms with Gasteiger partial charge in [-0.05, 0) is 12.1 Å². The second-order valence-corrected chi connectivity index (χ2v) is 3.65. The van der Waals surface area contributed by atoms with Gasteiger partial charge >= 0.3 is 5.69 Å². The van der Waals surface area contributed by atoms with Gasteiger partial charge in [-0.15, -0.1) is 0 Å². The monoisotopic (exact) mass is 268 g/mol. The van der Waals surface area contributed by atoms with Crippen molar-refractivity contribution in [3.05, 3.63) is 64.0 Å². The maximum Gasteiger partial charge on any atom is 0.328 e. The molecule has 2 aromatic rings. The van der Waals surface area contributed by atoms with E-state index in [2.05, 4.69) is 5.32 Å². The number of nitrogens with zero attached hydrogens (tertiary/aromatic N) is 1. The first-order valence-electron chi connectivity index (χ1n) is 5.14. The van der Waals surface area contributed by atoms with Crippen molar-refractivity contribution in [2.24, 2.45) is 0 Å². The summed E-state index contributed by atoms with van der Waals surface area (Å²) in [5.74, 6) is -3.02. The first kappa shape index (κ1) is 12.9. The zero-order valence-electron chi connectivity index (χ0n) is 9.36. The van der Waals surface area contributed by atoms with E-state index in [1.165, 1.54) is 18.2 Å². The van der Waals surface area contributed by atoms with Crippen LogP contribution in [0.15, 0.2) is 36.4 Å². The van der Waals surface area contributed by atoms with Gasteiger partial charge in [0, 0.05) is 12.1 Å². The number of rotatable bonds is 3. The molecule has 0 heterocycles. The lowest BCUT2D eigenvalue weighted by molar-refractivity contribution is -0.386. The van der Waals surface area contributed by atoms with Crippen molar-refractivity contribution in [3.8, 4) is 0 Å². The number of halogens is 3. The predicted molar refractivity (Wildman–Crippen MR) is 62.7 cm³/mol. The predicted octanol–water partition coefficient (Wildman–Crippen LogP) is 3.76. The number of nitro groups is 1. The Morgan fingerprint density at radius 1 is 1.00 bits per heavy atom. The third-order valence-electron chi connectivity index (χ3n) is 2.35. The lowest BCUT2D eigenvalue weighted by atomic mass is 10.2. The standard InChI is InChI=1S/C12H7F3N2O2/c13-7-5-9(15)12(17(18)19)11(6-7)16-10-4-2-1-3-8(10)14/h1-6,16H. The Hall–Kier alpha value is -2.57. The van der Waals surface area contributed by atoms with Crippen LogP contribution in [0, 0.1) is 27.6 Å². The molecule has 7 heteroatoms. The van der Waals surface area contributed by atoms with E-state index in [1.807, 2.05) is 0 Å². The van der Waals surface area contributed by atoms with Crippen LogP contribution in [0.25, 0.3) is 0 Å². The highest BCUT2D eigenvalue weighted by Gasteiger charge is 2.22. The summed E-state index contributed by atoms with van der Waals surface area (Å²) in [5, 5.41) is 13.0. The molecule has 0 amide bonds. The minimum atomic E-state index is -1.33. The lowest BCUT2D eigenvalue weighted by Gasteiger charge is -2.08. The van der Waals surface area contributed by atoms with Crippen molar-refractivity contribution in [1.82, 2.24) is 0 Å². The topological polar surface area (TPSA) is 55.2 Å². The molecule has 0 spiro atoms. The molecular formula is C12H7F3N2O2. The van der Waals surface area contributed by atoms with Crippen molar-refractivity contribution in [1.29, 1.82) is 0 Å². The largest absolute Gasteiger partial charge is 0.347 e. The number of hydrogen-bond donors (Lipinski definition) is 1. The second-order valence-electron chi connectivity index (χ2n) is 3.65. The number of anilines is 2. The molecule has 19 heavy (non-hydrogen) atoms. The van der Waals surface area contributed by atoms with Gasteiger partial charge in [-0.2, -0.15) is 4.39 Å². The fourth-order valence-corrected chi connectivity index (χ4v) is 1.55. The summed E-state index contributed by atoms with van der Waals surface area (Å²) in [6.07, 6.45) is 0. The van der Waals surface area contributed by atoms with E-state index in [-0.39, 0.29) is 5.69 Å². The number of para-hydroxylation sites is 1. The Bertz CT molecular complexity index is 647. The molecule has 0 saturated carbocycles. The van der Waals surface area contributed by atoms with Crippen LogP contribution in [0.5, 0.6) is 0 Å². The smallest absolute Gasteiger partial charge is 0.328 e. The summed E-state index contributed by atoms with van der Waals surface area (Å²) in [7, 11) is 0. The third kappa shape index (κ3) is 2.65. The molecule has 0 unspecified atom stereocenters. The molecule has 0 aromatic heterocycles. The normalized spacial score (nSPS) is 10.3. The van der Waals surface area contributed by atoms with E-state index in [9.17, 15) is 23.3 Å². The first-order valence-corrected chi connectivity index (χ1v) is 5.14. The van der Waals surface area contributed by atoms with Crippen LogP contribution in [0.2, 0.25) is 0 Å². The molecule has 0 aliphatic heterocycles. The summed E-state index contributed by atoms with van der Waals surface area (Å²) in [5.41, 5.74) is -1.51. The highest BCUT2D eigenvalue weighted by atomic mass is 19.1. The van der Waals surface area contributed by atoms with Crippen LogP contribution >= 0.6 is 0 Å². The van der Waals surface area contributed by atoms with E-state index in [1.54, 1.807) is 0 Å². The fourth-order valence-electron chi connectivity index (χ4n) is 1.55. The second kappa shape index (κ2) is 4.97. The van der Waals surface area contributed by atoms with Gasteiger partial charge in [-0.3, -0.25) is 10.1 Å². The summed E-state index contributed by atoms with van der Waals surface area (Å²) in [6.45, 7) is 0. The first-order chi connectivity index (χ1) is 8.99. The maximum atomic E-state index is 13.4. The molecule has 0 aliphatic carbocycles. The highest BCUT2D eigenvalue weighted by molar-refractivity contribution is 5.70. The van der Waals surface area contributed by atoms with E-state index < -0.39 is 33.7 Å². The van der Waals surface area contributed by atoms with Gasteiger partial charge in [0.1, 0.15) is 17.3 Å². The molecule has 0 atom stereocenters. The zero-order chi connectivity index (χ0) is 14.0. The lowest BCUT2D eigenvalue weighted by Crippen LogP contribution is -2.02. The molecule has 0 radical (unpaired) electrons. The van der Waals surface area contributed by atoms with Gasteiger partial charge in [-0.1, -0.05) is 12.1 Å². The van der Waals surface area contributed by atoms with Crippen molar-refractivity contribution < 1.29 is 18.1 Å². The SMILES string of the molecule is O=[N+]([O-])c1c(F)cc(F)cc1Nc1ccccc1F. The van der Waals surface area contributed by atoms with Gasteiger partial charge in [0.05, 0.1) is 10.6 Å². The van der Waals surface area contributed by atoms with Crippen molar-refractivity contribution in [3.63, 3.8) is 0 Å². The molecule has 98 valence electrons. The molecule has 0 fully saturated rings. The summed E-state index contributed by atoms with van der Waals surface area (Å²) in [6, 6.07) is 6.43. The minimum absolute atomic E-state index is 0.115. The molecule has 2 aromatic carbocycles. The van der Waals surface area contributed by atoms with E-state index in [4.69, 9.17) is 0 Å². The average molecular weight is 268 g/mol. The van der Waals surface area contributed by atoms with Crippen LogP contribution in [-0.4, -0.2) is 4.92 Å². The van der Waals surface area contributed by atoms with Crippen LogP contribution in [0.4, 0.5) is 30.2 Å². The van der Waals surface area contributed by atoms with Gasteiger partial charge in [-0.25, -0.2) is 8.78 Å². The molecule has 0 saturated heterocycles. The molecule has 0 bridgehead atoms. The van der Waals surface area contributed by atoms with Crippen LogP contribution in [-0.2, 0) is 0 Å².